The van der Waals surface area contributed by atoms with Crippen molar-refractivity contribution in [2.75, 3.05) is 0 Å². The third-order valence-electron chi connectivity index (χ3n) is 6.62. The number of rotatable bonds is 11. The number of aryl methyl sites for hydroxylation is 1. The van der Waals surface area contributed by atoms with Gasteiger partial charge < -0.3 is 0 Å². The lowest BCUT2D eigenvalue weighted by Gasteiger charge is -2.38. The summed E-state index contributed by atoms with van der Waals surface area (Å²) in [4.78, 5) is 11.8. The Labute approximate surface area is 195 Å². The highest BCUT2D eigenvalue weighted by molar-refractivity contribution is 5.84. The topological polar surface area (TPSA) is 32.3 Å². The van der Waals surface area contributed by atoms with Crippen molar-refractivity contribution in [3.63, 3.8) is 0 Å². The minimum Gasteiger partial charge on any atom is -0.287 e. The van der Waals surface area contributed by atoms with E-state index in [0.29, 0.717) is 0 Å². The highest BCUT2D eigenvalue weighted by Crippen LogP contribution is 2.43. The number of amides is 1. The van der Waals surface area contributed by atoms with Gasteiger partial charge in [0.25, 0.3) is 0 Å². The summed E-state index contributed by atoms with van der Waals surface area (Å²) in [6, 6.07) is 9.06. The quantitative estimate of drug-likeness (QED) is 0.348. The van der Waals surface area contributed by atoms with Crippen molar-refractivity contribution in [3.8, 4) is 0 Å². The van der Waals surface area contributed by atoms with E-state index in [1.807, 2.05) is 12.1 Å². The zero-order chi connectivity index (χ0) is 24.1. The second kappa shape index (κ2) is 10.9. The minimum atomic E-state index is -4.51. The van der Waals surface area contributed by atoms with Crippen LogP contribution in [0.25, 0.3) is 10.8 Å². The van der Waals surface area contributed by atoms with Crippen molar-refractivity contribution < 1.29 is 18.0 Å². The SMILES string of the molecule is CCCCCCCCCCc1ccc2cc(C(N3NC(=O)CC3(C)C)C(F)(F)F)ccc2c1. The standard InChI is InChI=1S/C27H37F3N2O/c1-4-5-6-7-8-9-10-11-12-20-13-14-22-18-23(16-15-21(22)17-20)25(27(28,29)30)32-26(2,3)19-24(33)31-32/h13-18,25H,4-12,19H2,1-3H3,(H,31,33). The number of hydrogen-bond acceptors (Lipinski definition) is 2. The molecule has 0 spiro atoms. The molecule has 0 aliphatic carbocycles. The third-order valence-corrected chi connectivity index (χ3v) is 6.62. The highest BCUT2D eigenvalue weighted by Gasteiger charge is 2.52. The summed E-state index contributed by atoms with van der Waals surface area (Å²) in [5.74, 6) is -0.388. The van der Waals surface area contributed by atoms with E-state index in [2.05, 4.69) is 18.4 Å². The fourth-order valence-electron chi connectivity index (χ4n) is 4.80. The van der Waals surface area contributed by atoms with Crippen LogP contribution in [0.15, 0.2) is 36.4 Å². The van der Waals surface area contributed by atoms with Crippen LogP contribution in [0.2, 0.25) is 0 Å². The molecule has 0 radical (unpaired) electrons. The highest BCUT2D eigenvalue weighted by atomic mass is 19.4. The average Bonchev–Trinajstić information content (AvgIpc) is 3.00. The molecule has 3 rings (SSSR count). The first-order chi connectivity index (χ1) is 15.6. The molecule has 1 aliphatic heterocycles. The first-order valence-corrected chi connectivity index (χ1v) is 12.3. The van der Waals surface area contributed by atoms with Crippen LogP contribution in [-0.2, 0) is 11.2 Å². The van der Waals surface area contributed by atoms with E-state index < -0.39 is 17.8 Å². The Kier molecular flexibility index (Phi) is 8.43. The van der Waals surface area contributed by atoms with Gasteiger partial charge in [-0.15, -0.1) is 0 Å². The van der Waals surface area contributed by atoms with Gasteiger partial charge in [0.1, 0.15) is 0 Å². The van der Waals surface area contributed by atoms with Crippen LogP contribution >= 0.6 is 0 Å². The maximum absolute atomic E-state index is 14.1. The van der Waals surface area contributed by atoms with Crippen LogP contribution < -0.4 is 5.43 Å². The van der Waals surface area contributed by atoms with Crippen LogP contribution in [0.3, 0.4) is 0 Å². The molecule has 182 valence electrons. The lowest BCUT2D eigenvalue weighted by atomic mass is 9.95. The van der Waals surface area contributed by atoms with E-state index in [0.717, 1.165) is 28.6 Å². The molecule has 3 nitrogen and oxygen atoms in total. The number of carbonyl (C=O) groups is 1. The molecule has 0 saturated carbocycles. The van der Waals surface area contributed by atoms with Gasteiger partial charge in [-0.3, -0.25) is 10.2 Å². The van der Waals surface area contributed by atoms with Gasteiger partial charge in [-0.1, -0.05) is 82.2 Å². The van der Waals surface area contributed by atoms with Gasteiger partial charge in [0.05, 0.1) is 0 Å². The Bertz CT molecular complexity index is 939. The number of nitrogens with one attached hydrogen (secondary N) is 1. The molecule has 0 bridgehead atoms. The number of alkyl halides is 3. The van der Waals surface area contributed by atoms with E-state index >= 15 is 0 Å². The zero-order valence-electron chi connectivity index (χ0n) is 20.1. The van der Waals surface area contributed by atoms with Crippen molar-refractivity contribution in [1.82, 2.24) is 10.4 Å². The number of nitrogens with zero attached hydrogens (tertiary/aromatic N) is 1. The largest absolute Gasteiger partial charge is 0.409 e. The van der Waals surface area contributed by atoms with E-state index in [9.17, 15) is 18.0 Å². The van der Waals surface area contributed by atoms with E-state index in [-0.39, 0.29) is 17.9 Å². The molecule has 1 unspecified atom stereocenters. The zero-order valence-corrected chi connectivity index (χ0v) is 20.1. The second-order valence-corrected chi connectivity index (χ2v) is 10.0. The fraction of sp³-hybridized carbons (Fsp3) is 0.593. The molecule has 1 amide bonds. The number of halogens is 3. The van der Waals surface area contributed by atoms with Gasteiger partial charge in [-0.2, -0.15) is 18.2 Å². The van der Waals surface area contributed by atoms with Crippen molar-refractivity contribution in [3.05, 3.63) is 47.5 Å². The molecule has 2 aromatic carbocycles. The van der Waals surface area contributed by atoms with Gasteiger partial charge in [0, 0.05) is 12.0 Å². The Morgan fingerprint density at radius 3 is 2.15 bits per heavy atom. The van der Waals surface area contributed by atoms with Crippen molar-refractivity contribution in [1.29, 1.82) is 0 Å². The van der Waals surface area contributed by atoms with Gasteiger partial charge >= 0.3 is 6.18 Å². The molecule has 1 aliphatic rings. The van der Waals surface area contributed by atoms with Gasteiger partial charge in [0.15, 0.2) is 6.04 Å². The smallest absolute Gasteiger partial charge is 0.287 e. The molecule has 1 N–H and O–H groups in total. The van der Waals surface area contributed by atoms with E-state index in [1.165, 1.54) is 50.5 Å². The Hall–Kier alpha value is -2.08. The Morgan fingerprint density at radius 2 is 1.55 bits per heavy atom. The van der Waals surface area contributed by atoms with Gasteiger partial charge in [-0.05, 0) is 54.7 Å². The molecular weight excluding hydrogens is 425 g/mol. The second-order valence-electron chi connectivity index (χ2n) is 10.0. The first kappa shape index (κ1) is 25.5. The predicted molar refractivity (Wildman–Crippen MR) is 128 cm³/mol. The monoisotopic (exact) mass is 462 g/mol. The summed E-state index contributed by atoms with van der Waals surface area (Å²) in [5, 5.41) is 2.79. The molecule has 6 heteroatoms. The molecule has 1 atom stereocenters. The van der Waals surface area contributed by atoms with Crippen LogP contribution in [0.1, 0.15) is 95.7 Å². The normalized spacial score (nSPS) is 17.5. The molecule has 0 aromatic heterocycles. The molecule has 1 heterocycles. The van der Waals surface area contributed by atoms with E-state index in [4.69, 9.17) is 0 Å². The summed E-state index contributed by atoms with van der Waals surface area (Å²) in [6.45, 7) is 5.54. The lowest BCUT2D eigenvalue weighted by Crippen LogP contribution is -2.51. The average molecular weight is 463 g/mol. The number of hydrogen-bond donors (Lipinski definition) is 1. The maximum Gasteiger partial charge on any atom is 0.409 e. The molecule has 1 saturated heterocycles. The molecule has 2 aromatic rings. The van der Waals surface area contributed by atoms with Gasteiger partial charge in [-0.25, -0.2) is 0 Å². The number of unbranched alkanes of at least 4 members (excludes halogenated alkanes) is 7. The molecule has 33 heavy (non-hydrogen) atoms. The van der Waals surface area contributed by atoms with Crippen molar-refractivity contribution in [2.45, 2.75) is 103 Å². The molecule has 1 fully saturated rings. The van der Waals surface area contributed by atoms with Crippen molar-refractivity contribution in [2.24, 2.45) is 0 Å². The van der Waals surface area contributed by atoms with Crippen LogP contribution in [0, 0.1) is 0 Å². The van der Waals surface area contributed by atoms with Crippen LogP contribution in [-0.4, -0.2) is 22.6 Å². The predicted octanol–water partition coefficient (Wildman–Crippen LogP) is 7.64. The maximum atomic E-state index is 14.1. The fourth-order valence-corrected chi connectivity index (χ4v) is 4.80. The number of benzene rings is 2. The minimum absolute atomic E-state index is 0.0370. The van der Waals surface area contributed by atoms with Gasteiger partial charge in [0.2, 0.25) is 5.91 Å². The number of fused-ring (bicyclic) bond motifs is 1. The summed E-state index contributed by atoms with van der Waals surface area (Å²) < 4.78 is 42.3. The molecular formula is C27H37F3N2O. The van der Waals surface area contributed by atoms with Crippen LogP contribution in [0.4, 0.5) is 13.2 Å². The third kappa shape index (κ3) is 6.72. The Morgan fingerprint density at radius 1 is 0.939 bits per heavy atom. The van der Waals surface area contributed by atoms with Crippen LogP contribution in [0.5, 0.6) is 0 Å². The first-order valence-electron chi connectivity index (χ1n) is 12.3. The number of carbonyl (C=O) groups excluding carboxylic acids is 1. The van der Waals surface area contributed by atoms with E-state index in [1.54, 1.807) is 32.0 Å². The Balaban J connectivity index is 1.67. The number of hydrazine groups is 1. The summed E-state index contributed by atoms with van der Waals surface area (Å²) in [5.41, 5.74) is 2.87. The lowest BCUT2D eigenvalue weighted by molar-refractivity contribution is -0.203. The van der Waals surface area contributed by atoms with Crippen molar-refractivity contribution >= 4 is 16.7 Å². The summed E-state index contributed by atoms with van der Waals surface area (Å²) in [7, 11) is 0. The summed E-state index contributed by atoms with van der Waals surface area (Å²) >= 11 is 0. The summed E-state index contributed by atoms with van der Waals surface area (Å²) in [6.07, 6.45) is 6.69.